The highest BCUT2D eigenvalue weighted by Crippen LogP contribution is 2.46. The van der Waals surface area contributed by atoms with E-state index in [0.29, 0.717) is 16.5 Å². The Kier molecular flexibility index (Phi) is 11.9. The van der Waals surface area contributed by atoms with Crippen LogP contribution in [0.1, 0.15) is 12.5 Å². The molecule has 0 aromatic heterocycles. The lowest BCUT2D eigenvalue weighted by Crippen LogP contribution is -2.54. The van der Waals surface area contributed by atoms with E-state index in [2.05, 4.69) is 4.74 Å². The Balaban J connectivity index is 2.07. The first kappa shape index (κ1) is 34.5. The van der Waals surface area contributed by atoms with Crippen LogP contribution in [-0.4, -0.2) is 79.2 Å². The van der Waals surface area contributed by atoms with E-state index in [4.69, 9.17) is 9.47 Å². The Morgan fingerprint density at radius 3 is 2.12 bits per heavy atom. The largest absolute Gasteiger partial charge is 0.492 e. The molecule has 0 aliphatic heterocycles. The molecule has 234 valence electrons. The van der Waals surface area contributed by atoms with Gasteiger partial charge < -0.3 is 29.5 Å². The molecule has 17 heteroatoms. The number of alkyl halides is 7. The van der Waals surface area contributed by atoms with Crippen LogP contribution in [0.3, 0.4) is 0 Å². The number of nitrogens with zero attached hydrogens (tertiary/aromatic N) is 1. The molecule has 0 radical (unpaired) electrons. The van der Waals surface area contributed by atoms with Gasteiger partial charge in [-0.2, -0.15) is 30.7 Å². The van der Waals surface area contributed by atoms with Crippen LogP contribution in [0.5, 0.6) is 5.75 Å². The summed E-state index contributed by atoms with van der Waals surface area (Å²) in [6.45, 7) is -1.56. The van der Waals surface area contributed by atoms with E-state index < -0.39 is 73.3 Å². The molecule has 2 rings (SSSR count). The molecule has 0 heterocycles. The van der Waals surface area contributed by atoms with Crippen molar-refractivity contribution in [1.82, 2.24) is 4.90 Å². The Morgan fingerprint density at radius 1 is 0.952 bits per heavy atom. The maximum absolute atomic E-state index is 13.9. The molecule has 42 heavy (non-hydrogen) atoms. The van der Waals surface area contributed by atoms with Crippen LogP contribution in [0, 0.1) is 11.6 Å². The van der Waals surface area contributed by atoms with Crippen LogP contribution in [0.2, 0.25) is 0 Å². The summed E-state index contributed by atoms with van der Waals surface area (Å²) in [6.07, 6.45) is -13.7. The molecule has 8 nitrogen and oxygen atoms in total. The van der Waals surface area contributed by atoms with E-state index in [1.807, 2.05) is 5.32 Å². The molecule has 0 spiro atoms. The van der Waals surface area contributed by atoms with Crippen LogP contribution in [0.4, 0.5) is 50.0 Å². The number of hydrogen-bond acceptors (Lipinski definition) is 5. The van der Waals surface area contributed by atoms with Crippen molar-refractivity contribution in [1.29, 1.82) is 0 Å². The van der Waals surface area contributed by atoms with Gasteiger partial charge in [-0.25, -0.2) is 18.4 Å². The Labute approximate surface area is 232 Å². The van der Waals surface area contributed by atoms with Crippen molar-refractivity contribution in [3.63, 3.8) is 0 Å². The fourth-order valence-electron chi connectivity index (χ4n) is 3.27. The summed E-state index contributed by atoms with van der Waals surface area (Å²) in [7, 11) is 0. The van der Waals surface area contributed by atoms with Crippen molar-refractivity contribution in [2.75, 3.05) is 38.2 Å². The van der Waals surface area contributed by atoms with Crippen molar-refractivity contribution >= 4 is 17.7 Å². The van der Waals surface area contributed by atoms with E-state index in [-0.39, 0.29) is 25.4 Å². The van der Waals surface area contributed by atoms with Crippen molar-refractivity contribution in [2.24, 2.45) is 0 Å². The quantitative estimate of drug-likeness (QED) is 0.248. The van der Waals surface area contributed by atoms with Gasteiger partial charge in [-0.1, -0.05) is 12.1 Å². The smallest absolute Gasteiger partial charge is 0.462 e. The van der Waals surface area contributed by atoms with E-state index in [1.54, 1.807) is 6.92 Å². The third kappa shape index (κ3) is 9.40. The third-order valence-corrected chi connectivity index (χ3v) is 5.44. The lowest BCUT2D eigenvalue weighted by molar-refractivity contribution is -0.423. The van der Waals surface area contributed by atoms with E-state index in [9.17, 15) is 54.2 Å². The molecular weight excluding hydrogens is 595 g/mol. The summed E-state index contributed by atoms with van der Waals surface area (Å²) in [6, 6.07) is 6.70. The highest BCUT2D eigenvalue weighted by molar-refractivity contribution is 5.89. The predicted octanol–water partition coefficient (Wildman–Crippen LogP) is 5.72. The number of carbonyl (C=O) groups excluding carboxylic acids is 1. The average Bonchev–Trinajstić information content (AvgIpc) is 2.89. The molecule has 2 aromatic carbocycles. The summed E-state index contributed by atoms with van der Waals surface area (Å²) in [5.41, 5.74) is 0.0174. The minimum absolute atomic E-state index is 0.0371. The molecule has 0 fully saturated rings. The van der Waals surface area contributed by atoms with Gasteiger partial charge in [-0.3, -0.25) is 0 Å². The van der Waals surface area contributed by atoms with Gasteiger partial charge in [0.25, 0.3) is 0 Å². The van der Waals surface area contributed by atoms with Crippen LogP contribution >= 0.6 is 0 Å². The number of ether oxygens (including phenoxy) is 3. The first-order valence-corrected chi connectivity index (χ1v) is 12.0. The van der Waals surface area contributed by atoms with Crippen molar-refractivity contribution < 1.29 is 68.4 Å². The Morgan fingerprint density at radius 2 is 1.57 bits per heavy atom. The third-order valence-electron chi connectivity index (χ3n) is 5.44. The van der Waals surface area contributed by atoms with Gasteiger partial charge in [0.2, 0.25) is 0 Å². The van der Waals surface area contributed by atoms with Gasteiger partial charge in [-0.05, 0) is 36.8 Å². The molecule has 0 saturated carbocycles. The lowest BCUT2D eigenvalue weighted by Gasteiger charge is -2.29. The maximum atomic E-state index is 13.9. The second-order valence-corrected chi connectivity index (χ2v) is 8.46. The summed E-state index contributed by atoms with van der Waals surface area (Å²) >= 11 is 0. The first-order chi connectivity index (χ1) is 19.5. The molecule has 1 unspecified atom stereocenters. The second-order valence-electron chi connectivity index (χ2n) is 8.46. The number of nitrogens with one attached hydrogen (secondary N) is 1. The highest BCUT2D eigenvalue weighted by atomic mass is 19.4. The van der Waals surface area contributed by atoms with Crippen LogP contribution in [0.25, 0.3) is 0 Å². The molecule has 0 aliphatic carbocycles. The SMILES string of the molecule is CCOC(Cc1ccc(OCCN(CCOC(F)(F)C(F)(F)C(F)(F)F)C(=O)Nc2ccc(F)cc2F)cc1)C(=O)O. The summed E-state index contributed by atoms with van der Waals surface area (Å²) < 4.78 is 131. The Bertz CT molecular complexity index is 1200. The van der Waals surface area contributed by atoms with Crippen LogP contribution in [-0.2, 0) is 20.7 Å². The standard InChI is InChI=1S/C25H25F9N2O6/c1-2-40-20(21(37)38)13-15-3-6-17(7-4-15)41-11-9-36(22(39)35-19-8-5-16(26)14-18(19)27)10-12-42-25(33,34)23(28,29)24(30,31)32/h3-8,14,20H,2,9-13H2,1H3,(H,35,39)(H,37,38). The Hall–Kier alpha value is -3.73. The van der Waals surface area contributed by atoms with Crippen molar-refractivity contribution in [3.8, 4) is 5.75 Å². The fourth-order valence-corrected chi connectivity index (χ4v) is 3.27. The second kappa shape index (κ2) is 14.4. The summed E-state index contributed by atoms with van der Waals surface area (Å²) in [4.78, 5) is 24.5. The number of carboxylic acid groups (broad SMARTS) is 1. The minimum Gasteiger partial charge on any atom is -0.492 e. The zero-order valence-electron chi connectivity index (χ0n) is 21.7. The number of carbonyl (C=O) groups is 2. The minimum atomic E-state index is -6.63. The molecule has 1 atom stereocenters. The van der Waals surface area contributed by atoms with Crippen molar-refractivity contribution in [2.45, 2.75) is 37.7 Å². The molecule has 0 bridgehead atoms. The van der Waals surface area contributed by atoms with Gasteiger partial charge >= 0.3 is 30.2 Å². The van der Waals surface area contributed by atoms with Crippen molar-refractivity contribution in [3.05, 3.63) is 59.7 Å². The normalized spacial score (nSPS) is 13.0. The number of anilines is 1. The first-order valence-electron chi connectivity index (χ1n) is 12.0. The van der Waals surface area contributed by atoms with Gasteiger partial charge in [0.05, 0.1) is 18.8 Å². The number of rotatable bonds is 15. The van der Waals surface area contributed by atoms with E-state index in [0.717, 1.165) is 12.1 Å². The molecule has 2 N–H and O–H groups in total. The average molecular weight is 620 g/mol. The van der Waals surface area contributed by atoms with Gasteiger partial charge in [0.15, 0.2) is 6.10 Å². The number of benzene rings is 2. The van der Waals surface area contributed by atoms with E-state index in [1.165, 1.54) is 24.3 Å². The van der Waals surface area contributed by atoms with Gasteiger partial charge in [0.1, 0.15) is 24.0 Å². The number of amides is 2. The lowest BCUT2D eigenvalue weighted by atomic mass is 10.1. The van der Waals surface area contributed by atoms with E-state index >= 15 is 0 Å². The highest BCUT2D eigenvalue weighted by Gasteiger charge is 2.74. The molecule has 0 aliphatic rings. The molecule has 0 saturated heterocycles. The number of urea groups is 1. The number of halogens is 9. The predicted molar refractivity (Wildman–Crippen MR) is 128 cm³/mol. The number of carboxylic acids is 1. The van der Waals surface area contributed by atoms with Gasteiger partial charge in [-0.15, -0.1) is 0 Å². The fraction of sp³-hybridized carbons (Fsp3) is 0.440. The molecule has 2 amide bonds. The topological polar surface area (TPSA) is 97.3 Å². The zero-order valence-corrected chi connectivity index (χ0v) is 21.7. The van der Waals surface area contributed by atoms with Gasteiger partial charge in [0, 0.05) is 25.6 Å². The summed E-state index contributed by atoms with van der Waals surface area (Å²) in [5, 5.41) is 11.2. The number of hydrogen-bond donors (Lipinski definition) is 2. The molecular formula is C25H25F9N2O6. The van der Waals surface area contributed by atoms with Crippen LogP contribution < -0.4 is 10.1 Å². The maximum Gasteiger partial charge on any atom is 0.462 e. The van der Waals surface area contributed by atoms with Crippen LogP contribution in [0.15, 0.2) is 42.5 Å². The monoisotopic (exact) mass is 620 g/mol. The summed E-state index contributed by atoms with van der Waals surface area (Å²) in [5.74, 6) is -9.71. The molecule has 2 aromatic rings. The zero-order chi connectivity index (χ0) is 31.7. The number of aliphatic carboxylic acids is 1.